The zero-order chi connectivity index (χ0) is 15.4. The number of H-pyrrole nitrogens is 1. The van der Waals surface area contributed by atoms with Gasteiger partial charge in [-0.1, -0.05) is 0 Å². The molecule has 2 aromatic rings. The highest BCUT2D eigenvalue weighted by molar-refractivity contribution is 5.94. The molecule has 0 saturated carbocycles. The Kier molecular flexibility index (Phi) is 6.01. The predicted octanol–water partition coefficient (Wildman–Crippen LogP) is 1.79. The standard InChI is InChI=1S/C16H19N3O3.ClH/c20-15(18-8-6-11-5-7-17-10-11)12-3-4-13(19-16(12)21)14-2-1-9-22-14;/h1-4,9,11,17H,5-8,10H2,(H,18,20)(H,19,21);1H. The largest absolute Gasteiger partial charge is 0.463 e. The molecule has 0 aromatic carbocycles. The first kappa shape index (κ1) is 17.3. The van der Waals surface area contributed by atoms with Gasteiger partial charge >= 0.3 is 0 Å². The third-order valence-electron chi connectivity index (χ3n) is 3.94. The number of hydrogen-bond acceptors (Lipinski definition) is 4. The summed E-state index contributed by atoms with van der Waals surface area (Å²) in [4.78, 5) is 26.8. The Hall–Kier alpha value is -2.05. The molecular weight excluding hydrogens is 318 g/mol. The maximum absolute atomic E-state index is 12.1. The van der Waals surface area contributed by atoms with Crippen molar-refractivity contribution in [2.75, 3.05) is 19.6 Å². The lowest BCUT2D eigenvalue weighted by molar-refractivity contribution is 0.0950. The zero-order valence-electron chi connectivity index (χ0n) is 12.6. The topological polar surface area (TPSA) is 87.1 Å². The number of hydrogen-bond donors (Lipinski definition) is 3. The molecule has 3 heterocycles. The highest BCUT2D eigenvalue weighted by Crippen LogP contribution is 2.15. The second-order valence-corrected chi connectivity index (χ2v) is 5.50. The molecule has 1 aliphatic rings. The summed E-state index contributed by atoms with van der Waals surface area (Å²) in [6, 6.07) is 6.70. The highest BCUT2D eigenvalue weighted by Gasteiger charge is 2.16. The van der Waals surface area contributed by atoms with E-state index in [9.17, 15) is 9.59 Å². The molecule has 1 saturated heterocycles. The monoisotopic (exact) mass is 337 g/mol. The van der Waals surface area contributed by atoms with Crippen LogP contribution in [0.2, 0.25) is 0 Å². The van der Waals surface area contributed by atoms with Crippen LogP contribution in [0.1, 0.15) is 23.2 Å². The third kappa shape index (κ3) is 4.24. The normalized spacial score (nSPS) is 16.8. The molecule has 1 atom stereocenters. The molecule has 7 heteroatoms. The van der Waals surface area contributed by atoms with Gasteiger partial charge in [0, 0.05) is 6.54 Å². The lowest BCUT2D eigenvalue weighted by atomic mass is 10.1. The third-order valence-corrected chi connectivity index (χ3v) is 3.94. The van der Waals surface area contributed by atoms with E-state index in [4.69, 9.17) is 4.42 Å². The number of carbonyl (C=O) groups is 1. The SMILES string of the molecule is Cl.O=C(NCCC1CCNC1)c1ccc(-c2ccco2)[nH]c1=O. The van der Waals surface area contributed by atoms with E-state index >= 15 is 0 Å². The molecule has 3 rings (SSSR count). The van der Waals surface area contributed by atoms with Crippen molar-refractivity contribution in [3.63, 3.8) is 0 Å². The van der Waals surface area contributed by atoms with Gasteiger partial charge in [-0.25, -0.2) is 0 Å². The fraction of sp³-hybridized carbons (Fsp3) is 0.375. The van der Waals surface area contributed by atoms with Gasteiger partial charge in [0.2, 0.25) is 0 Å². The van der Waals surface area contributed by atoms with Crippen molar-refractivity contribution in [1.82, 2.24) is 15.6 Å². The lowest BCUT2D eigenvalue weighted by Crippen LogP contribution is -2.31. The quantitative estimate of drug-likeness (QED) is 0.776. The van der Waals surface area contributed by atoms with E-state index in [0.717, 1.165) is 25.9 Å². The smallest absolute Gasteiger partial charge is 0.261 e. The maximum atomic E-state index is 12.1. The number of carbonyl (C=O) groups excluding carboxylic acids is 1. The minimum atomic E-state index is -0.408. The summed E-state index contributed by atoms with van der Waals surface area (Å²) in [6.45, 7) is 2.64. The van der Waals surface area contributed by atoms with Crippen LogP contribution in [0.15, 0.2) is 39.7 Å². The first-order chi connectivity index (χ1) is 10.7. The predicted molar refractivity (Wildman–Crippen MR) is 89.9 cm³/mol. The molecule has 6 nitrogen and oxygen atoms in total. The van der Waals surface area contributed by atoms with Gasteiger partial charge in [-0.2, -0.15) is 0 Å². The Morgan fingerprint density at radius 2 is 2.22 bits per heavy atom. The molecule has 1 amide bonds. The molecule has 3 N–H and O–H groups in total. The molecule has 1 unspecified atom stereocenters. The maximum Gasteiger partial charge on any atom is 0.261 e. The molecular formula is C16H20ClN3O3. The zero-order valence-corrected chi connectivity index (χ0v) is 13.4. The molecule has 0 bridgehead atoms. The van der Waals surface area contributed by atoms with Crippen LogP contribution in [0.3, 0.4) is 0 Å². The van der Waals surface area contributed by atoms with Gasteiger partial charge in [-0.05, 0) is 56.1 Å². The van der Waals surface area contributed by atoms with Crippen LogP contribution in [-0.4, -0.2) is 30.5 Å². The van der Waals surface area contributed by atoms with Crippen molar-refractivity contribution in [2.45, 2.75) is 12.8 Å². The first-order valence-corrected chi connectivity index (χ1v) is 7.50. The Morgan fingerprint density at radius 3 is 2.87 bits per heavy atom. The molecule has 1 fully saturated rings. The summed E-state index contributed by atoms with van der Waals surface area (Å²) >= 11 is 0. The second-order valence-electron chi connectivity index (χ2n) is 5.50. The van der Waals surface area contributed by atoms with Crippen molar-refractivity contribution in [2.24, 2.45) is 5.92 Å². The van der Waals surface area contributed by atoms with Gasteiger partial charge < -0.3 is 20.0 Å². The summed E-state index contributed by atoms with van der Waals surface area (Å²) in [6.07, 6.45) is 3.61. The number of amides is 1. The highest BCUT2D eigenvalue weighted by atomic mass is 35.5. The average Bonchev–Trinajstić information content (AvgIpc) is 3.20. The van der Waals surface area contributed by atoms with Crippen molar-refractivity contribution in [1.29, 1.82) is 0 Å². The number of halogens is 1. The minimum Gasteiger partial charge on any atom is -0.463 e. The number of aromatic nitrogens is 1. The van der Waals surface area contributed by atoms with E-state index in [1.165, 1.54) is 12.3 Å². The molecule has 2 aromatic heterocycles. The molecule has 23 heavy (non-hydrogen) atoms. The van der Waals surface area contributed by atoms with Gasteiger partial charge in [0.1, 0.15) is 11.3 Å². The molecule has 0 aliphatic carbocycles. The van der Waals surface area contributed by atoms with E-state index in [-0.39, 0.29) is 23.9 Å². The fourth-order valence-corrected chi connectivity index (χ4v) is 2.67. The van der Waals surface area contributed by atoms with Crippen LogP contribution in [0.5, 0.6) is 0 Å². The molecule has 124 valence electrons. The van der Waals surface area contributed by atoms with E-state index in [1.54, 1.807) is 18.2 Å². The summed E-state index contributed by atoms with van der Waals surface area (Å²) in [7, 11) is 0. The van der Waals surface area contributed by atoms with Crippen molar-refractivity contribution < 1.29 is 9.21 Å². The van der Waals surface area contributed by atoms with Gasteiger partial charge in [0.25, 0.3) is 11.5 Å². The summed E-state index contributed by atoms with van der Waals surface area (Å²) in [5, 5.41) is 6.10. The van der Waals surface area contributed by atoms with Crippen LogP contribution in [0, 0.1) is 5.92 Å². The molecule has 0 radical (unpaired) electrons. The van der Waals surface area contributed by atoms with Crippen LogP contribution >= 0.6 is 12.4 Å². The van der Waals surface area contributed by atoms with E-state index < -0.39 is 5.56 Å². The Labute approximate surface area is 140 Å². The Balaban J connectivity index is 0.00000192. The average molecular weight is 338 g/mol. The van der Waals surface area contributed by atoms with Gasteiger partial charge in [-0.3, -0.25) is 9.59 Å². The second kappa shape index (κ2) is 7.99. The van der Waals surface area contributed by atoms with E-state index in [0.29, 0.717) is 23.9 Å². The number of furan rings is 1. The van der Waals surface area contributed by atoms with Gasteiger partial charge in [0.15, 0.2) is 0 Å². The van der Waals surface area contributed by atoms with Crippen molar-refractivity contribution in [3.8, 4) is 11.5 Å². The number of pyridine rings is 1. The van der Waals surface area contributed by atoms with E-state index in [1.807, 2.05) is 0 Å². The van der Waals surface area contributed by atoms with Crippen LogP contribution in [-0.2, 0) is 0 Å². The van der Waals surface area contributed by atoms with Crippen molar-refractivity contribution >= 4 is 18.3 Å². The lowest BCUT2D eigenvalue weighted by Gasteiger charge is -2.09. The summed E-state index contributed by atoms with van der Waals surface area (Å²) in [5.74, 6) is 0.843. The summed E-state index contributed by atoms with van der Waals surface area (Å²) < 4.78 is 5.22. The minimum absolute atomic E-state index is 0. The molecule has 1 aliphatic heterocycles. The summed E-state index contributed by atoms with van der Waals surface area (Å²) in [5.41, 5.74) is 0.275. The number of rotatable bonds is 5. The fourth-order valence-electron chi connectivity index (χ4n) is 2.67. The van der Waals surface area contributed by atoms with Gasteiger partial charge in [0.05, 0.1) is 12.0 Å². The van der Waals surface area contributed by atoms with Crippen LogP contribution < -0.4 is 16.2 Å². The Bertz CT molecular complexity index is 691. The number of nitrogens with one attached hydrogen (secondary N) is 3. The van der Waals surface area contributed by atoms with Gasteiger partial charge in [-0.15, -0.1) is 12.4 Å². The van der Waals surface area contributed by atoms with Crippen LogP contribution in [0.4, 0.5) is 0 Å². The Morgan fingerprint density at radius 1 is 1.35 bits per heavy atom. The molecule has 0 spiro atoms. The van der Waals surface area contributed by atoms with E-state index in [2.05, 4.69) is 15.6 Å². The number of aromatic amines is 1. The first-order valence-electron chi connectivity index (χ1n) is 7.50. The van der Waals surface area contributed by atoms with Crippen LogP contribution in [0.25, 0.3) is 11.5 Å². The van der Waals surface area contributed by atoms with Crippen molar-refractivity contribution in [3.05, 3.63) is 46.4 Å².